The molecule has 0 aromatic rings. The molecule has 1 radical (unpaired) electrons. The van der Waals surface area contributed by atoms with Gasteiger partial charge in [-0.25, -0.2) is 5.32 Å². The van der Waals surface area contributed by atoms with Gasteiger partial charge >= 0.3 is 0 Å². The Kier molecular flexibility index (Phi) is 2.13. The molecule has 0 atom stereocenters. The summed E-state index contributed by atoms with van der Waals surface area (Å²) in [5, 5.41) is 7.74. The topological polar surface area (TPSA) is 26.1 Å². The maximum Gasteiger partial charge on any atom is 0.197 e. The fourth-order valence-electron chi connectivity index (χ4n) is 1.58. The Bertz CT molecular complexity index is 247. The predicted molar refractivity (Wildman–Crippen MR) is 52.4 cm³/mol. The van der Waals surface area contributed by atoms with E-state index < -0.39 is 0 Å². The smallest absolute Gasteiger partial charge is 0.197 e. The van der Waals surface area contributed by atoms with Gasteiger partial charge in [0.15, 0.2) is 5.11 Å². The first-order valence-corrected chi connectivity index (χ1v) is 4.62. The third-order valence-corrected chi connectivity index (χ3v) is 2.42. The summed E-state index contributed by atoms with van der Waals surface area (Å²) in [6.07, 6.45) is 9.85. The Morgan fingerprint density at radius 3 is 2.83 bits per heavy atom. The van der Waals surface area contributed by atoms with Crippen LogP contribution in [0.1, 0.15) is 19.3 Å². The lowest BCUT2D eigenvalue weighted by molar-refractivity contribution is 0.555. The van der Waals surface area contributed by atoms with Crippen LogP contribution in [0.4, 0.5) is 0 Å². The second-order valence-corrected chi connectivity index (χ2v) is 3.60. The third kappa shape index (κ3) is 1.67. The second-order valence-electron chi connectivity index (χ2n) is 3.21. The molecule has 0 fully saturated rings. The highest BCUT2D eigenvalue weighted by atomic mass is 32.1. The molecule has 1 aliphatic heterocycles. The van der Waals surface area contributed by atoms with Crippen molar-refractivity contribution < 1.29 is 0 Å². The Labute approximate surface area is 77.7 Å². The van der Waals surface area contributed by atoms with Crippen LogP contribution in [0.25, 0.3) is 0 Å². The molecule has 0 spiro atoms. The highest BCUT2D eigenvalue weighted by molar-refractivity contribution is 7.80. The van der Waals surface area contributed by atoms with Gasteiger partial charge in [-0.1, -0.05) is 12.2 Å². The van der Waals surface area contributed by atoms with Crippen LogP contribution in [0.3, 0.4) is 0 Å². The Morgan fingerprint density at radius 2 is 2.25 bits per heavy atom. The summed E-state index contributed by atoms with van der Waals surface area (Å²) >= 11 is 4.89. The van der Waals surface area contributed by atoms with Gasteiger partial charge in [0, 0.05) is 6.20 Å². The zero-order chi connectivity index (χ0) is 8.39. The summed E-state index contributed by atoms with van der Waals surface area (Å²) in [6.45, 7) is 0. The van der Waals surface area contributed by atoms with E-state index in [2.05, 4.69) is 22.8 Å². The van der Waals surface area contributed by atoms with Crippen LogP contribution in [-0.2, 0) is 0 Å². The first-order chi connectivity index (χ1) is 5.84. The summed E-state index contributed by atoms with van der Waals surface area (Å²) in [7, 11) is 0. The molecule has 12 heavy (non-hydrogen) atoms. The van der Waals surface area contributed by atoms with Gasteiger partial charge in [0.1, 0.15) is 0 Å². The molecule has 1 N–H and O–H groups in total. The summed E-state index contributed by atoms with van der Waals surface area (Å²) in [5.74, 6) is 0.752. The van der Waals surface area contributed by atoms with Crippen molar-refractivity contribution in [2.24, 2.45) is 5.92 Å². The van der Waals surface area contributed by atoms with E-state index >= 15 is 0 Å². The largest absolute Gasteiger partial charge is 0.336 e. The molecule has 2 rings (SSSR count). The lowest BCUT2D eigenvalue weighted by Crippen LogP contribution is -2.16. The second kappa shape index (κ2) is 3.27. The number of allylic oxidation sites excluding steroid dienone is 3. The van der Waals surface area contributed by atoms with E-state index in [4.69, 9.17) is 12.2 Å². The van der Waals surface area contributed by atoms with E-state index in [-0.39, 0.29) is 0 Å². The highest BCUT2D eigenvalue weighted by Crippen LogP contribution is 2.24. The summed E-state index contributed by atoms with van der Waals surface area (Å²) in [4.78, 5) is 0. The van der Waals surface area contributed by atoms with Crippen LogP contribution >= 0.6 is 12.2 Å². The SMILES string of the molecule is S=C1[N]C(CC2CC=CC2)=CN1. The Morgan fingerprint density at radius 1 is 1.50 bits per heavy atom. The molecule has 0 bridgehead atoms. The van der Waals surface area contributed by atoms with E-state index in [9.17, 15) is 0 Å². The van der Waals surface area contributed by atoms with Crippen LogP contribution in [-0.4, -0.2) is 5.11 Å². The average Bonchev–Trinajstić information content (AvgIpc) is 2.63. The minimum atomic E-state index is 0.607. The molecule has 2 aliphatic rings. The number of rotatable bonds is 2. The van der Waals surface area contributed by atoms with Crippen molar-refractivity contribution in [3.05, 3.63) is 24.0 Å². The monoisotopic (exact) mass is 179 g/mol. The van der Waals surface area contributed by atoms with Gasteiger partial charge in [0.2, 0.25) is 0 Å². The van der Waals surface area contributed by atoms with Crippen LogP contribution < -0.4 is 10.6 Å². The highest BCUT2D eigenvalue weighted by Gasteiger charge is 2.16. The molecule has 0 saturated carbocycles. The number of nitrogens with one attached hydrogen (secondary N) is 1. The zero-order valence-electron chi connectivity index (χ0n) is 6.79. The Hall–Kier alpha value is -0.830. The predicted octanol–water partition coefficient (Wildman–Crippen LogP) is 1.68. The van der Waals surface area contributed by atoms with E-state index in [0.717, 1.165) is 18.0 Å². The van der Waals surface area contributed by atoms with Crippen molar-refractivity contribution >= 4 is 17.3 Å². The molecule has 1 aliphatic carbocycles. The minimum Gasteiger partial charge on any atom is -0.336 e. The lowest BCUT2D eigenvalue weighted by Gasteiger charge is -2.07. The summed E-state index contributed by atoms with van der Waals surface area (Å²) in [5.41, 5.74) is 1.11. The number of hydrogen-bond donors (Lipinski definition) is 1. The van der Waals surface area contributed by atoms with Gasteiger partial charge in [-0.2, -0.15) is 0 Å². The van der Waals surface area contributed by atoms with Gasteiger partial charge in [-0.15, -0.1) is 0 Å². The molecular weight excluding hydrogens is 168 g/mol. The molecule has 0 unspecified atom stereocenters. The van der Waals surface area contributed by atoms with Crippen LogP contribution in [0, 0.1) is 5.92 Å². The van der Waals surface area contributed by atoms with Gasteiger partial charge in [0.25, 0.3) is 0 Å². The zero-order valence-corrected chi connectivity index (χ0v) is 7.60. The van der Waals surface area contributed by atoms with E-state index in [1.54, 1.807) is 0 Å². The minimum absolute atomic E-state index is 0.607. The van der Waals surface area contributed by atoms with Crippen LogP contribution in [0.15, 0.2) is 24.0 Å². The number of nitrogens with zero attached hydrogens (tertiary/aromatic N) is 1. The average molecular weight is 179 g/mol. The maximum absolute atomic E-state index is 4.89. The van der Waals surface area contributed by atoms with Crippen molar-refractivity contribution in [3.8, 4) is 0 Å². The van der Waals surface area contributed by atoms with Crippen molar-refractivity contribution in [1.29, 1.82) is 0 Å². The summed E-state index contributed by atoms with van der Waals surface area (Å²) < 4.78 is 0. The van der Waals surface area contributed by atoms with Crippen molar-refractivity contribution in [2.75, 3.05) is 0 Å². The Balaban J connectivity index is 1.83. The molecule has 0 aromatic heterocycles. The fourth-order valence-corrected chi connectivity index (χ4v) is 1.76. The molecule has 3 heteroatoms. The number of thiocarbonyl (C=S) groups is 1. The molecule has 63 valence electrons. The van der Waals surface area contributed by atoms with Crippen LogP contribution in [0.2, 0.25) is 0 Å². The van der Waals surface area contributed by atoms with Crippen LogP contribution in [0.5, 0.6) is 0 Å². The van der Waals surface area contributed by atoms with Gasteiger partial charge in [0.05, 0.1) is 5.70 Å². The molecule has 0 amide bonds. The third-order valence-electron chi connectivity index (χ3n) is 2.21. The molecule has 1 heterocycles. The first kappa shape index (κ1) is 7.80. The van der Waals surface area contributed by atoms with Crippen molar-refractivity contribution in [3.63, 3.8) is 0 Å². The van der Waals surface area contributed by atoms with E-state index in [1.165, 1.54) is 12.8 Å². The molecular formula is C9H11N2S. The molecule has 0 saturated heterocycles. The van der Waals surface area contributed by atoms with Gasteiger partial charge in [-0.3, -0.25) is 0 Å². The maximum atomic E-state index is 4.89. The lowest BCUT2D eigenvalue weighted by atomic mass is 10.0. The number of hydrogen-bond acceptors (Lipinski definition) is 1. The normalized spacial score (nSPS) is 22.3. The van der Waals surface area contributed by atoms with Gasteiger partial charge < -0.3 is 5.32 Å². The quantitative estimate of drug-likeness (QED) is 0.515. The van der Waals surface area contributed by atoms with E-state index in [0.29, 0.717) is 5.11 Å². The molecule has 2 nitrogen and oxygen atoms in total. The fraction of sp³-hybridized carbons (Fsp3) is 0.444. The standard InChI is InChI=1S/C9H11N2S/c12-9-10-6-8(11-9)5-7-3-1-2-4-7/h1-2,6-7H,3-5H2,(H,10,12). The molecule has 0 aromatic carbocycles. The van der Waals surface area contributed by atoms with Gasteiger partial charge in [-0.05, 0) is 37.4 Å². The summed E-state index contributed by atoms with van der Waals surface area (Å²) in [6, 6.07) is 0. The first-order valence-electron chi connectivity index (χ1n) is 4.21. The van der Waals surface area contributed by atoms with Crippen molar-refractivity contribution in [2.45, 2.75) is 19.3 Å². The van der Waals surface area contributed by atoms with E-state index in [1.807, 2.05) is 6.20 Å². The van der Waals surface area contributed by atoms with Crippen molar-refractivity contribution in [1.82, 2.24) is 10.6 Å².